The third-order valence-electron chi connectivity index (χ3n) is 5.07. The van der Waals surface area contributed by atoms with E-state index in [-0.39, 0.29) is 29.9 Å². The number of ether oxygens (including phenoxy) is 2. The Morgan fingerprint density at radius 2 is 2.10 bits per heavy atom. The molecule has 0 bridgehead atoms. The highest BCUT2D eigenvalue weighted by molar-refractivity contribution is 14.0. The monoisotopic (exact) mass is 547 g/mol. The molecule has 0 saturated carbocycles. The molecule has 0 spiro atoms. The topological polar surface area (TPSA) is 78.4 Å². The van der Waals surface area contributed by atoms with Gasteiger partial charge >= 0.3 is 0 Å². The zero-order valence-electron chi connectivity index (χ0n) is 19.2. The predicted molar refractivity (Wildman–Crippen MR) is 135 cm³/mol. The molecule has 1 atom stereocenters. The molecular weight excluding hydrogens is 509 g/mol. The number of aliphatic imine (C=N–C) groups is 1. The number of likely N-dealkylation sites (N-methyl/N-ethyl adjacent to an activating group) is 1. The number of nitrogens with one attached hydrogen (secondary N) is 2. The van der Waals surface area contributed by atoms with E-state index in [0.29, 0.717) is 37.8 Å². The van der Waals surface area contributed by atoms with Crippen molar-refractivity contribution in [1.82, 2.24) is 20.4 Å². The minimum absolute atomic E-state index is 0. The summed E-state index contributed by atoms with van der Waals surface area (Å²) in [4.78, 5) is 21.1. The average Bonchev–Trinajstić information content (AvgIpc) is 3.20. The maximum atomic E-state index is 12.3. The second kappa shape index (κ2) is 15.4. The van der Waals surface area contributed by atoms with Crippen molar-refractivity contribution in [1.29, 1.82) is 0 Å². The van der Waals surface area contributed by atoms with Crippen LogP contribution in [0.5, 0.6) is 0 Å². The van der Waals surface area contributed by atoms with E-state index in [9.17, 15) is 4.79 Å². The molecule has 0 aromatic heterocycles. The first-order valence-corrected chi connectivity index (χ1v) is 10.6. The van der Waals surface area contributed by atoms with Crippen LogP contribution in [0.3, 0.4) is 0 Å². The lowest BCUT2D eigenvalue weighted by Crippen LogP contribution is -2.40. The summed E-state index contributed by atoms with van der Waals surface area (Å²) in [6, 6.07) is 7.72. The molecule has 1 aromatic carbocycles. The first-order valence-electron chi connectivity index (χ1n) is 10.6. The number of hydrogen-bond donors (Lipinski definition) is 2. The van der Waals surface area contributed by atoms with Crippen LogP contribution >= 0.6 is 24.0 Å². The highest BCUT2D eigenvalue weighted by Gasteiger charge is 2.24. The molecule has 1 aromatic rings. The highest BCUT2D eigenvalue weighted by Crippen LogP contribution is 2.17. The van der Waals surface area contributed by atoms with Crippen molar-refractivity contribution in [3.05, 3.63) is 35.4 Å². The number of carbonyl (C=O) groups excluding carboxylic acids is 1. The lowest BCUT2D eigenvalue weighted by atomic mass is 10.1. The van der Waals surface area contributed by atoms with Gasteiger partial charge in [-0.1, -0.05) is 12.1 Å². The van der Waals surface area contributed by atoms with E-state index in [1.54, 1.807) is 14.2 Å². The van der Waals surface area contributed by atoms with Crippen molar-refractivity contribution < 1.29 is 14.3 Å². The molecule has 1 heterocycles. The Morgan fingerprint density at radius 3 is 2.81 bits per heavy atom. The summed E-state index contributed by atoms with van der Waals surface area (Å²) in [5.74, 6) is 1.35. The third-order valence-corrected chi connectivity index (χ3v) is 5.07. The van der Waals surface area contributed by atoms with E-state index in [1.165, 1.54) is 0 Å². The number of rotatable bonds is 11. The fourth-order valence-corrected chi connectivity index (χ4v) is 3.38. The first kappa shape index (κ1) is 27.6. The molecule has 1 fully saturated rings. The fraction of sp³-hybridized carbons (Fsp3) is 0.636. The number of methoxy groups -OCH3 is 1. The number of benzene rings is 1. The van der Waals surface area contributed by atoms with Crippen molar-refractivity contribution in [2.75, 3.05) is 74.3 Å². The number of halogens is 1. The van der Waals surface area contributed by atoms with E-state index < -0.39 is 0 Å². The van der Waals surface area contributed by atoms with Gasteiger partial charge in [-0.3, -0.25) is 9.79 Å². The van der Waals surface area contributed by atoms with Gasteiger partial charge in [0.15, 0.2) is 5.96 Å². The second-order valence-corrected chi connectivity index (χ2v) is 7.83. The molecule has 0 radical (unpaired) electrons. The van der Waals surface area contributed by atoms with Gasteiger partial charge in [0.05, 0.1) is 19.8 Å². The Morgan fingerprint density at radius 1 is 1.29 bits per heavy atom. The standard InChI is InChI=1S/C22H37N5O3.HI/c1-23-22(27-10-8-19(16-27)17-30-13-12-29-4)25-15-18-6-5-7-20(14-18)21(28)24-9-11-26(2)3;/h5-7,14,19H,8-13,15-17H2,1-4H3,(H,23,25)(H,24,28);1H. The predicted octanol–water partition coefficient (Wildman–Crippen LogP) is 1.66. The number of amides is 1. The number of carbonyl (C=O) groups is 1. The zero-order valence-corrected chi connectivity index (χ0v) is 21.6. The Kier molecular flexibility index (Phi) is 13.7. The molecule has 176 valence electrons. The molecule has 0 aliphatic carbocycles. The van der Waals surface area contributed by atoms with Crippen LogP contribution in [-0.2, 0) is 16.0 Å². The molecule has 1 unspecified atom stereocenters. The number of hydrogen-bond acceptors (Lipinski definition) is 5. The van der Waals surface area contributed by atoms with Crippen molar-refractivity contribution >= 4 is 35.8 Å². The summed E-state index contributed by atoms with van der Waals surface area (Å²) < 4.78 is 10.7. The van der Waals surface area contributed by atoms with Crippen molar-refractivity contribution in [3.63, 3.8) is 0 Å². The van der Waals surface area contributed by atoms with E-state index in [0.717, 1.165) is 44.2 Å². The molecule has 31 heavy (non-hydrogen) atoms. The van der Waals surface area contributed by atoms with Gasteiger partial charge in [0, 0.05) is 58.4 Å². The Bertz CT molecular complexity index is 687. The molecule has 2 rings (SSSR count). The molecule has 1 saturated heterocycles. The van der Waals surface area contributed by atoms with Gasteiger partial charge < -0.3 is 29.9 Å². The van der Waals surface area contributed by atoms with Crippen molar-refractivity contribution in [3.8, 4) is 0 Å². The molecule has 2 N–H and O–H groups in total. The van der Waals surface area contributed by atoms with Crippen LogP contribution in [0, 0.1) is 5.92 Å². The molecule has 8 nitrogen and oxygen atoms in total. The Balaban J connectivity index is 0.00000480. The molecular formula is C22H38IN5O3. The van der Waals surface area contributed by atoms with E-state index >= 15 is 0 Å². The smallest absolute Gasteiger partial charge is 0.251 e. The van der Waals surface area contributed by atoms with Gasteiger partial charge in [-0.25, -0.2) is 0 Å². The summed E-state index contributed by atoms with van der Waals surface area (Å²) in [5.41, 5.74) is 1.73. The number of likely N-dealkylation sites (tertiary alicyclic amines) is 1. The maximum Gasteiger partial charge on any atom is 0.251 e. The molecule has 9 heteroatoms. The largest absolute Gasteiger partial charge is 0.382 e. The molecule has 1 aliphatic heterocycles. The average molecular weight is 547 g/mol. The Labute approximate surface area is 203 Å². The number of guanidine groups is 1. The second-order valence-electron chi connectivity index (χ2n) is 7.83. The van der Waals surface area contributed by atoms with Gasteiger partial charge in [0.2, 0.25) is 0 Å². The quantitative estimate of drug-likeness (QED) is 0.190. The zero-order chi connectivity index (χ0) is 21.8. The van der Waals surface area contributed by atoms with Gasteiger partial charge in [0.25, 0.3) is 5.91 Å². The lowest BCUT2D eigenvalue weighted by molar-refractivity contribution is 0.0536. The van der Waals surface area contributed by atoms with Crippen LogP contribution in [0.2, 0.25) is 0 Å². The first-order chi connectivity index (χ1) is 14.5. The van der Waals surface area contributed by atoms with Crippen LogP contribution in [0.15, 0.2) is 29.3 Å². The SMILES string of the molecule is CN=C(NCc1cccc(C(=O)NCCN(C)C)c1)N1CCC(COCCOC)C1.I. The Hall–Kier alpha value is -1.43. The van der Waals surface area contributed by atoms with E-state index in [1.807, 2.05) is 43.3 Å². The lowest BCUT2D eigenvalue weighted by Gasteiger charge is -2.22. The minimum atomic E-state index is -0.0426. The summed E-state index contributed by atoms with van der Waals surface area (Å²) in [6.45, 7) is 5.99. The maximum absolute atomic E-state index is 12.3. The third kappa shape index (κ3) is 10.2. The van der Waals surface area contributed by atoms with Crippen LogP contribution in [-0.4, -0.2) is 95.9 Å². The summed E-state index contributed by atoms with van der Waals surface area (Å²) >= 11 is 0. The summed E-state index contributed by atoms with van der Waals surface area (Å²) in [6.07, 6.45) is 1.09. The van der Waals surface area contributed by atoms with Crippen LogP contribution in [0.1, 0.15) is 22.3 Å². The summed E-state index contributed by atoms with van der Waals surface area (Å²) in [5, 5.41) is 6.38. The molecule has 1 aliphatic rings. The van der Waals surface area contributed by atoms with Crippen molar-refractivity contribution in [2.45, 2.75) is 13.0 Å². The molecule has 1 amide bonds. The normalized spacial score (nSPS) is 16.4. The van der Waals surface area contributed by atoms with Gasteiger partial charge in [-0.2, -0.15) is 0 Å². The van der Waals surface area contributed by atoms with Crippen LogP contribution < -0.4 is 10.6 Å². The van der Waals surface area contributed by atoms with Crippen LogP contribution in [0.25, 0.3) is 0 Å². The highest BCUT2D eigenvalue weighted by atomic mass is 127. The summed E-state index contributed by atoms with van der Waals surface area (Å²) in [7, 11) is 7.47. The van der Waals surface area contributed by atoms with Gasteiger partial charge in [0.1, 0.15) is 0 Å². The van der Waals surface area contributed by atoms with E-state index in [2.05, 4.69) is 20.5 Å². The minimum Gasteiger partial charge on any atom is -0.382 e. The van der Waals surface area contributed by atoms with Crippen molar-refractivity contribution in [2.24, 2.45) is 10.9 Å². The van der Waals surface area contributed by atoms with E-state index in [4.69, 9.17) is 9.47 Å². The van der Waals surface area contributed by atoms with Gasteiger partial charge in [-0.15, -0.1) is 24.0 Å². The fourth-order valence-electron chi connectivity index (χ4n) is 3.38. The van der Waals surface area contributed by atoms with Crippen LogP contribution in [0.4, 0.5) is 0 Å². The number of nitrogens with zero attached hydrogens (tertiary/aromatic N) is 3. The van der Waals surface area contributed by atoms with Gasteiger partial charge in [-0.05, 0) is 38.2 Å².